The minimum Gasteiger partial charge on any atom is -0.462 e. The lowest BCUT2D eigenvalue weighted by atomic mass is 10.0. The molecule has 414 valence electrons. The first-order valence-electron chi connectivity index (χ1n) is 30.6. The van der Waals surface area contributed by atoms with E-state index in [1.807, 2.05) is 0 Å². The van der Waals surface area contributed by atoms with Crippen LogP contribution in [0.5, 0.6) is 0 Å². The number of hydrogen-bond acceptors (Lipinski definition) is 6. The van der Waals surface area contributed by atoms with E-state index in [-0.39, 0.29) is 31.1 Å². The molecule has 72 heavy (non-hydrogen) atoms. The van der Waals surface area contributed by atoms with Gasteiger partial charge in [0.1, 0.15) is 13.2 Å². The summed E-state index contributed by atoms with van der Waals surface area (Å²) in [5, 5.41) is 0. The normalized spacial score (nSPS) is 12.7. The van der Waals surface area contributed by atoms with E-state index < -0.39 is 6.10 Å². The average molecular weight is 1000 g/mol. The number of carbonyl (C=O) groups is 3. The standard InChI is InChI=1S/C66H114O6/c1-4-7-10-13-16-19-22-25-27-29-30-31-32-33-34-35-36-37-39-41-44-47-50-53-56-59-65(68)71-62-63(61-70-64(67)58-55-52-49-46-43-40-24-21-18-15-12-9-6-3)72-66(69)60-57-54-51-48-45-42-38-28-26-23-20-17-14-11-8-5-2/h9,12,18,20-23,25,28-30,38,40,43,63H,4-8,10-11,13-17,19,24,26-27,31-37,39,41-42,44-62H2,1-3H3/b12-9-,21-18-,23-20-,25-22-,30-29-,38-28-,43-40-. The van der Waals surface area contributed by atoms with Gasteiger partial charge in [-0.05, 0) is 116 Å². The maximum atomic E-state index is 12.9. The number of allylic oxidation sites excluding steroid dienone is 14. The second kappa shape index (κ2) is 60.1. The summed E-state index contributed by atoms with van der Waals surface area (Å²) in [5.41, 5.74) is 0. The molecule has 0 amide bonds. The molecule has 0 saturated heterocycles. The highest BCUT2D eigenvalue weighted by atomic mass is 16.6. The average Bonchev–Trinajstić information content (AvgIpc) is 3.38. The van der Waals surface area contributed by atoms with Crippen LogP contribution in [0.2, 0.25) is 0 Å². The van der Waals surface area contributed by atoms with Crippen LogP contribution in [-0.2, 0) is 28.6 Å². The molecule has 0 aliphatic heterocycles. The van der Waals surface area contributed by atoms with Crippen LogP contribution in [0, 0.1) is 0 Å². The highest BCUT2D eigenvalue weighted by Gasteiger charge is 2.19. The lowest BCUT2D eigenvalue weighted by Crippen LogP contribution is -2.30. The Morgan fingerprint density at radius 1 is 0.292 bits per heavy atom. The molecule has 6 nitrogen and oxygen atoms in total. The first-order chi connectivity index (χ1) is 35.5. The molecule has 0 aromatic carbocycles. The van der Waals surface area contributed by atoms with Crippen molar-refractivity contribution in [1.82, 2.24) is 0 Å². The Hall–Kier alpha value is -3.41. The van der Waals surface area contributed by atoms with Gasteiger partial charge in [0.2, 0.25) is 0 Å². The summed E-state index contributed by atoms with van der Waals surface area (Å²) in [6, 6.07) is 0. The summed E-state index contributed by atoms with van der Waals surface area (Å²) >= 11 is 0. The molecule has 0 aliphatic rings. The van der Waals surface area contributed by atoms with Gasteiger partial charge in [-0.25, -0.2) is 0 Å². The fourth-order valence-electron chi connectivity index (χ4n) is 8.52. The van der Waals surface area contributed by atoms with Gasteiger partial charge in [0, 0.05) is 19.3 Å². The van der Waals surface area contributed by atoms with Crippen molar-refractivity contribution in [1.29, 1.82) is 0 Å². The smallest absolute Gasteiger partial charge is 0.306 e. The van der Waals surface area contributed by atoms with Gasteiger partial charge in [-0.15, -0.1) is 0 Å². The lowest BCUT2D eigenvalue weighted by Gasteiger charge is -2.18. The van der Waals surface area contributed by atoms with Gasteiger partial charge < -0.3 is 14.2 Å². The molecular weight excluding hydrogens is 889 g/mol. The van der Waals surface area contributed by atoms with Crippen molar-refractivity contribution in [2.45, 2.75) is 303 Å². The van der Waals surface area contributed by atoms with Gasteiger partial charge in [-0.2, -0.15) is 0 Å². The molecule has 1 atom stereocenters. The molecule has 1 unspecified atom stereocenters. The van der Waals surface area contributed by atoms with E-state index >= 15 is 0 Å². The van der Waals surface area contributed by atoms with E-state index in [1.165, 1.54) is 141 Å². The molecule has 0 aliphatic carbocycles. The van der Waals surface area contributed by atoms with Crippen LogP contribution >= 0.6 is 0 Å². The second-order valence-corrected chi connectivity index (χ2v) is 20.2. The van der Waals surface area contributed by atoms with E-state index in [0.29, 0.717) is 19.3 Å². The fraction of sp³-hybridized carbons (Fsp3) is 0.742. The highest BCUT2D eigenvalue weighted by molar-refractivity contribution is 5.71. The van der Waals surface area contributed by atoms with E-state index in [9.17, 15) is 14.4 Å². The number of esters is 3. The zero-order valence-electron chi connectivity index (χ0n) is 47.4. The van der Waals surface area contributed by atoms with Crippen molar-refractivity contribution < 1.29 is 28.6 Å². The van der Waals surface area contributed by atoms with Gasteiger partial charge in [0.25, 0.3) is 0 Å². The van der Waals surface area contributed by atoms with Gasteiger partial charge in [0.05, 0.1) is 0 Å². The molecule has 0 radical (unpaired) electrons. The Labute approximate surface area is 445 Å². The molecule has 0 aromatic rings. The lowest BCUT2D eigenvalue weighted by molar-refractivity contribution is -0.167. The van der Waals surface area contributed by atoms with Crippen molar-refractivity contribution in [3.8, 4) is 0 Å². The SMILES string of the molecule is CC/C=C\C/C=C\C/C=C\CCCCCC(=O)OCC(COC(=O)CCCCCCCCCCCCCCC/C=C\C/C=C\CCCCCCC)OC(=O)CCCCCCC/C=C\C/C=C\CCCCCC. The molecule has 0 fully saturated rings. The molecule has 0 spiro atoms. The predicted octanol–water partition coefficient (Wildman–Crippen LogP) is 20.7. The van der Waals surface area contributed by atoms with Crippen molar-refractivity contribution in [2.24, 2.45) is 0 Å². The number of unbranched alkanes of at least 4 members (excludes halogenated alkanes) is 30. The van der Waals surface area contributed by atoms with Gasteiger partial charge in [-0.1, -0.05) is 247 Å². The Morgan fingerprint density at radius 3 is 0.875 bits per heavy atom. The van der Waals surface area contributed by atoms with E-state index in [4.69, 9.17) is 14.2 Å². The second-order valence-electron chi connectivity index (χ2n) is 20.2. The molecule has 0 bridgehead atoms. The van der Waals surface area contributed by atoms with Crippen molar-refractivity contribution in [2.75, 3.05) is 13.2 Å². The molecular formula is C66H114O6. The zero-order valence-corrected chi connectivity index (χ0v) is 47.4. The van der Waals surface area contributed by atoms with E-state index in [2.05, 4.69) is 106 Å². The van der Waals surface area contributed by atoms with Gasteiger partial charge >= 0.3 is 17.9 Å². The van der Waals surface area contributed by atoms with Crippen LogP contribution in [0.25, 0.3) is 0 Å². The maximum absolute atomic E-state index is 12.9. The minimum atomic E-state index is -0.797. The monoisotopic (exact) mass is 1000 g/mol. The first-order valence-corrected chi connectivity index (χ1v) is 30.6. The number of hydrogen-bond donors (Lipinski definition) is 0. The molecule has 0 heterocycles. The molecule has 0 rings (SSSR count). The minimum absolute atomic E-state index is 0.0914. The summed E-state index contributed by atoms with van der Waals surface area (Å²) in [6.07, 6.45) is 78.7. The van der Waals surface area contributed by atoms with Crippen LogP contribution in [-0.4, -0.2) is 37.2 Å². The Balaban J connectivity index is 4.32. The van der Waals surface area contributed by atoms with Crippen LogP contribution in [0.15, 0.2) is 85.1 Å². The van der Waals surface area contributed by atoms with Gasteiger partial charge in [0.15, 0.2) is 6.10 Å². The summed E-state index contributed by atoms with van der Waals surface area (Å²) in [7, 11) is 0. The van der Waals surface area contributed by atoms with Crippen LogP contribution < -0.4 is 0 Å². The van der Waals surface area contributed by atoms with E-state index in [1.54, 1.807) is 0 Å². The summed E-state index contributed by atoms with van der Waals surface area (Å²) < 4.78 is 16.9. The van der Waals surface area contributed by atoms with E-state index in [0.717, 1.165) is 116 Å². The summed E-state index contributed by atoms with van der Waals surface area (Å²) in [5.74, 6) is -0.929. The summed E-state index contributed by atoms with van der Waals surface area (Å²) in [4.78, 5) is 38.2. The third-order valence-corrected chi connectivity index (χ3v) is 13.1. The zero-order chi connectivity index (χ0) is 52.2. The largest absolute Gasteiger partial charge is 0.462 e. The highest BCUT2D eigenvalue weighted by Crippen LogP contribution is 2.16. The van der Waals surface area contributed by atoms with Crippen LogP contribution in [0.4, 0.5) is 0 Å². The van der Waals surface area contributed by atoms with Gasteiger partial charge in [-0.3, -0.25) is 14.4 Å². The Morgan fingerprint density at radius 2 is 0.542 bits per heavy atom. The third-order valence-electron chi connectivity index (χ3n) is 13.1. The maximum Gasteiger partial charge on any atom is 0.306 e. The molecule has 0 aromatic heterocycles. The van der Waals surface area contributed by atoms with Crippen molar-refractivity contribution in [3.05, 3.63) is 85.1 Å². The van der Waals surface area contributed by atoms with Crippen LogP contribution in [0.1, 0.15) is 297 Å². The third kappa shape index (κ3) is 57.5. The quantitative estimate of drug-likeness (QED) is 0.0261. The Bertz CT molecular complexity index is 1380. The number of carbonyl (C=O) groups excluding carboxylic acids is 3. The first kappa shape index (κ1) is 68.6. The fourth-order valence-corrected chi connectivity index (χ4v) is 8.52. The van der Waals surface area contributed by atoms with Crippen molar-refractivity contribution >= 4 is 17.9 Å². The van der Waals surface area contributed by atoms with Crippen molar-refractivity contribution in [3.63, 3.8) is 0 Å². The Kier molecular flexibility index (Phi) is 57.3. The molecule has 6 heteroatoms. The summed E-state index contributed by atoms with van der Waals surface area (Å²) in [6.45, 7) is 6.48. The van der Waals surface area contributed by atoms with Crippen LogP contribution in [0.3, 0.4) is 0 Å². The molecule has 0 saturated carbocycles. The molecule has 0 N–H and O–H groups in total. The number of ether oxygens (including phenoxy) is 3. The number of rotatable bonds is 55. The predicted molar refractivity (Wildman–Crippen MR) is 311 cm³/mol. The topological polar surface area (TPSA) is 78.9 Å².